The van der Waals surface area contributed by atoms with Crippen LogP contribution in [0, 0.1) is 5.82 Å². The summed E-state index contributed by atoms with van der Waals surface area (Å²) in [6.45, 7) is 0. The number of nitrogens with zero attached hydrogens (tertiary/aromatic N) is 1. The molecule has 0 spiro atoms. The van der Waals surface area contributed by atoms with Crippen LogP contribution in [0.25, 0.3) is 10.9 Å². The van der Waals surface area contributed by atoms with Gasteiger partial charge >= 0.3 is 0 Å². The normalized spacial score (nSPS) is 10.6. The van der Waals surface area contributed by atoms with Crippen LogP contribution < -0.4 is 0 Å². The van der Waals surface area contributed by atoms with Gasteiger partial charge in [-0.2, -0.15) is 0 Å². The second-order valence-corrected chi connectivity index (χ2v) is 3.06. The monoisotopic (exact) mass is 197 g/mol. The predicted octanol–water partition coefficient (Wildman–Crippen LogP) is 2.73. The summed E-state index contributed by atoms with van der Waals surface area (Å²) in [7, 11) is 0. The number of aromatic nitrogens is 1. The molecule has 0 bridgehead atoms. The van der Waals surface area contributed by atoms with Gasteiger partial charge in [-0.3, -0.25) is 4.98 Å². The van der Waals surface area contributed by atoms with Gasteiger partial charge < -0.3 is 5.11 Å². The van der Waals surface area contributed by atoms with E-state index in [9.17, 15) is 4.39 Å². The van der Waals surface area contributed by atoms with E-state index in [-0.39, 0.29) is 10.8 Å². The topological polar surface area (TPSA) is 33.1 Å². The summed E-state index contributed by atoms with van der Waals surface area (Å²) in [4.78, 5) is 3.88. The van der Waals surface area contributed by atoms with Crippen molar-refractivity contribution in [3.63, 3.8) is 0 Å². The Morgan fingerprint density at radius 1 is 1.31 bits per heavy atom. The van der Waals surface area contributed by atoms with E-state index in [0.717, 1.165) is 0 Å². The lowest BCUT2D eigenvalue weighted by atomic mass is 10.2. The van der Waals surface area contributed by atoms with E-state index in [2.05, 4.69) is 4.98 Å². The first-order valence-electron chi connectivity index (χ1n) is 3.60. The molecule has 4 heteroatoms. The number of pyridine rings is 1. The third kappa shape index (κ3) is 1.42. The number of benzene rings is 1. The number of aromatic hydroxyl groups is 1. The number of hydrogen-bond acceptors (Lipinski definition) is 2. The van der Waals surface area contributed by atoms with E-state index >= 15 is 0 Å². The molecule has 0 unspecified atom stereocenters. The molecule has 2 nitrogen and oxygen atoms in total. The molecular formula is C9H5ClFNO. The fourth-order valence-corrected chi connectivity index (χ4v) is 1.27. The molecule has 0 saturated carbocycles. The molecule has 2 rings (SSSR count). The smallest absolute Gasteiger partial charge is 0.142 e. The van der Waals surface area contributed by atoms with Crippen LogP contribution in [0.2, 0.25) is 5.02 Å². The van der Waals surface area contributed by atoms with E-state index in [1.807, 2.05) is 0 Å². The fourth-order valence-electron chi connectivity index (χ4n) is 1.11. The van der Waals surface area contributed by atoms with Crippen molar-refractivity contribution in [3.8, 4) is 5.75 Å². The van der Waals surface area contributed by atoms with Crippen molar-refractivity contribution in [1.29, 1.82) is 0 Å². The molecule has 1 heterocycles. The summed E-state index contributed by atoms with van der Waals surface area (Å²) in [5, 5.41) is 9.64. The minimum atomic E-state index is -0.512. The summed E-state index contributed by atoms with van der Waals surface area (Å²) >= 11 is 5.55. The van der Waals surface area contributed by atoms with E-state index in [1.165, 1.54) is 24.4 Å². The molecule has 1 N–H and O–H groups in total. The van der Waals surface area contributed by atoms with Crippen molar-refractivity contribution in [1.82, 2.24) is 4.98 Å². The average Bonchev–Trinajstić information content (AvgIpc) is 2.08. The third-order valence-electron chi connectivity index (χ3n) is 1.71. The number of hydrogen-bond donors (Lipinski definition) is 1. The fraction of sp³-hybridized carbons (Fsp3) is 0. The first-order chi connectivity index (χ1) is 6.16. The van der Waals surface area contributed by atoms with Gasteiger partial charge in [0, 0.05) is 5.39 Å². The molecule has 0 aliphatic heterocycles. The maximum Gasteiger partial charge on any atom is 0.142 e. The Balaban J connectivity index is 2.81. The second kappa shape index (κ2) is 2.85. The van der Waals surface area contributed by atoms with E-state index < -0.39 is 5.82 Å². The molecule has 0 aliphatic carbocycles. The molecule has 0 atom stereocenters. The highest BCUT2D eigenvalue weighted by Crippen LogP contribution is 2.23. The molecule has 2 aromatic rings. The molecule has 13 heavy (non-hydrogen) atoms. The molecule has 0 amide bonds. The Bertz CT molecular complexity index is 472. The highest BCUT2D eigenvalue weighted by atomic mass is 35.5. The Kier molecular flexibility index (Phi) is 1.81. The van der Waals surface area contributed by atoms with Crippen LogP contribution in [0.15, 0.2) is 24.4 Å². The SMILES string of the molecule is Oc1cnc2cc(Cl)c(F)cc2c1. The summed E-state index contributed by atoms with van der Waals surface area (Å²) in [5.74, 6) is -0.504. The van der Waals surface area contributed by atoms with Crippen molar-refractivity contribution >= 4 is 22.5 Å². The van der Waals surface area contributed by atoms with Crippen molar-refractivity contribution in [2.75, 3.05) is 0 Å². The Morgan fingerprint density at radius 3 is 2.85 bits per heavy atom. The number of halogens is 2. The lowest BCUT2D eigenvalue weighted by molar-refractivity contribution is 0.474. The number of fused-ring (bicyclic) bond motifs is 1. The molecule has 1 aromatic carbocycles. The lowest BCUT2D eigenvalue weighted by Crippen LogP contribution is -1.82. The van der Waals surface area contributed by atoms with Crippen molar-refractivity contribution in [3.05, 3.63) is 35.2 Å². The van der Waals surface area contributed by atoms with Crippen molar-refractivity contribution in [2.45, 2.75) is 0 Å². The van der Waals surface area contributed by atoms with Gasteiger partial charge in [-0.15, -0.1) is 0 Å². The van der Waals surface area contributed by atoms with E-state index in [0.29, 0.717) is 10.9 Å². The minimum Gasteiger partial charge on any atom is -0.506 e. The van der Waals surface area contributed by atoms with E-state index in [4.69, 9.17) is 16.7 Å². The van der Waals surface area contributed by atoms with E-state index in [1.54, 1.807) is 0 Å². The van der Waals surface area contributed by atoms with Crippen molar-refractivity contribution in [2.24, 2.45) is 0 Å². The van der Waals surface area contributed by atoms with Crippen LogP contribution in [0.3, 0.4) is 0 Å². The zero-order valence-corrected chi connectivity index (χ0v) is 7.22. The van der Waals surface area contributed by atoms with Crippen LogP contribution in [0.4, 0.5) is 4.39 Å². The van der Waals surface area contributed by atoms with Gasteiger partial charge in [-0.05, 0) is 18.2 Å². The first kappa shape index (κ1) is 8.26. The molecule has 66 valence electrons. The highest BCUT2D eigenvalue weighted by Gasteiger charge is 2.03. The quantitative estimate of drug-likeness (QED) is 0.705. The summed E-state index contributed by atoms with van der Waals surface area (Å²) < 4.78 is 12.9. The van der Waals surface area contributed by atoms with Gasteiger partial charge in [0.15, 0.2) is 0 Å². The minimum absolute atomic E-state index is 0.00854. The van der Waals surface area contributed by atoms with Crippen LogP contribution in [0.5, 0.6) is 5.75 Å². The molecule has 0 saturated heterocycles. The standard InChI is InChI=1S/C9H5ClFNO/c10-7-3-9-5(2-8(7)11)1-6(13)4-12-9/h1-4,13H. The maximum absolute atomic E-state index is 12.9. The molecular weight excluding hydrogens is 193 g/mol. The first-order valence-corrected chi connectivity index (χ1v) is 3.98. The largest absolute Gasteiger partial charge is 0.506 e. The van der Waals surface area contributed by atoms with Gasteiger partial charge in [-0.1, -0.05) is 11.6 Å². The van der Waals surface area contributed by atoms with Gasteiger partial charge in [0.25, 0.3) is 0 Å². The number of rotatable bonds is 0. The summed E-state index contributed by atoms with van der Waals surface area (Å²) in [6.07, 6.45) is 1.29. The molecule has 1 aromatic heterocycles. The highest BCUT2D eigenvalue weighted by molar-refractivity contribution is 6.31. The lowest BCUT2D eigenvalue weighted by Gasteiger charge is -1.99. The second-order valence-electron chi connectivity index (χ2n) is 2.65. The van der Waals surface area contributed by atoms with Gasteiger partial charge in [0.05, 0.1) is 16.7 Å². The maximum atomic E-state index is 12.9. The van der Waals surface area contributed by atoms with Gasteiger partial charge in [0.1, 0.15) is 11.6 Å². The zero-order chi connectivity index (χ0) is 9.42. The zero-order valence-electron chi connectivity index (χ0n) is 6.46. The van der Waals surface area contributed by atoms with Crippen LogP contribution in [0.1, 0.15) is 0 Å². The summed E-state index contributed by atoms with van der Waals surface area (Å²) in [5.41, 5.74) is 0.559. The van der Waals surface area contributed by atoms with Crippen molar-refractivity contribution < 1.29 is 9.50 Å². The van der Waals surface area contributed by atoms with Gasteiger partial charge in [-0.25, -0.2) is 4.39 Å². The molecule has 0 fully saturated rings. The van der Waals surface area contributed by atoms with Crippen LogP contribution >= 0.6 is 11.6 Å². The third-order valence-corrected chi connectivity index (χ3v) is 2.00. The molecule has 0 aliphatic rings. The predicted molar refractivity (Wildman–Crippen MR) is 48.4 cm³/mol. The van der Waals surface area contributed by atoms with Crippen LogP contribution in [-0.4, -0.2) is 10.1 Å². The van der Waals surface area contributed by atoms with Crippen LogP contribution in [-0.2, 0) is 0 Å². The van der Waals surface area contributed by atoms with Gasteiger partial charge in [0.2, 0.25) is 0 Å². The summed E-state index contributed by atoms with van der Waals surface area (Å²) in [6, 6.07) is 4.10. The Hall–Kier alpha value is -1.35. The Morgan fingerprint density at radius 2 is 2.08 bits per heavy atom. The average molecular weight is 198 g/mol. The molecule has 0 radical (unpaired) electrons. The Labute approximate surface area is 78.6 Å².